The van der Waals surface area contributed by atoms with Gasteiger partial charge < -0.3 is 5.32 Å². The number of hydrogen-bond acceptors (Lipinski definition) is 2. The van der Waals surface area contributed by atoms with Crippen molar-refractivity contribution in [2.45, 2.75) is 18.9 Å². The van der Waals surface area contributed by atoms with Crippen LogP contribution in [0.4, 0.5) is 5.69 Å². The summed E-state index contributed by atoms with van der Waals surface area (Å²) in [6.45, 7) is 2.80. The van der Waals surface area contributed by atoms with Gasteiger partial charge in [0.05, 0.1) is 22.3 Å². The number of piperidine rings is 1. The Hall–Kier alpha value is -0.880. The Bertz CT molecular complexity index is 446. The van der Waals surface area contributed by atoms with Gasteiger partial charge in [0, 0.05) is 19.1 Å². The highest BCUT2D eigenvalue weighted by molar-refractivity contribution is 6.43. The number of nitrogens with one attached hydrogen (secondary N) is 1. The van der Waals surface area contributed by atoms with Crippen LogP contribution in [0, 0.1) is 12.3 Å². The van der Waals surface area contributed by atoms with Gasteiger partial charge in [-0.15, -0.1) is 6.42 Å². The van der Waals surface area contributed by atoms with Crippen molar-refractivity contribution in [1.82, 2.24) is 4.90 Å². The fraction of sp³-hybridized carbons (Fsp3) is 0.429. The Balaban J connectivity index is 1.92. The first-order chi connectivity index (χ1) is 8.70. The topological polar surface area (TPSA) is 15.3 Å². The lowest BCUT2D eigenvalue weighted by Gasteiger charge is -2.31. The van der Waals surface area contributed by atoms with E-state index in [9.17, 15) is 0 Å². The molecule has 1 aliphatic rings. The van der Waals surface area contributed by atoms with E-state index in [1.165, 1.54) is 0 Å². The largest absolute Gasteiger partial charge is 0.381 e. The molecule has 0 atom stereocenters. The van der Waals surface area contributed by atoms with Crippen LogP contribution in [-0.2, 0) is 0 Å². The number of hydrogen-bond donors (Lipinski definition) is 1. The van der Waals surface area contributed by atoms with E-state index < -0.39 is 0 Å². The van der Waals surface area contributed by atoms with E-state index in [0.717, 1.165) is 38.2 Å². The summed E-state index contributed by atoms with van der Waals surface area (Å²) in [7, 11) is 0. The van der Waals surface area contributed by atoms with Gasteiger partial charge >= 0.3 is 0 Å². The van der Waals surface area contributed by atoms with Crippen LogP contribution >= 0.6 is 23.2 Å². The first kappa shape index (κ1) is 13.5. The van der Waals surface area contributed by atoms with Gasteiger partial charge in [-0.1, -0.05) is 35.2 Å². The minimum Gasteiger partial charge on any atom is -0.381 e. The molecule has 0 spiro atoms. The monoisotopic (exact) mass is 282 g/mol. The highest BCUT2D eigenvalue weighted by Crippen LogP contribution is 2.30. The first-order valence-electron chi connectivity index (χ1n) is 6.07. The second-order valence-corrected chi connectivity index (χ2v) is 5.29. The van der Waals surface area contributed by atoms with Crippen molar-refractivity contribution in [1.29, 1.82) is 0 Å². The minimum absolute atomic E-state index is 0.440. The highest BCUT2D eigenvalue weighted by Gasteiger charge is 2.19. The third-order valence-electron chi connectivity index (χ3n) is 3.21. The molecular weight excluding hydrogens is 267 g/mol. The summed E-state index contributed by atoms with van der Waals surface area (Å²) in [5, 5.41) is 4.65. The molecule has 0 bridgehead atoms. The number of terminal acetylenes is 1. The molecule has 1 N–H and O–H groups in total. The average Bonchev–Trinajstić information content (AvgIpc) is 2.38. The summed E-state index contributed by atoms with van der Waals surface area (Å²) in [5.41, 5.74) is 0.916. The molecule has 1 aliphatic heterocycles. The van der Waals surface area contributed by atoms with Crippen molar-refractivity contribution < 1.29 is 0 Å². The van der Waals surface area contributed by atoms with Crippen LogP contribution in [-0.4, -0.2) is 30.6 Å². The maximum Gasteiger partial charge on any atom is 0.0823 e. The van der Waals surface area contributed by atoms with Crippen LogP contribution in [0.2, 0.25) is 10.0 Å². The van der Waals surface area contributed by atoms with Crippen molar-refractivity contribution in [2.24, 2.45) is 0 Å². The van der Waals surface area contributed by atoms with Gasteiger partial charge in [0.15, 0.2) is 0 Å². The Kier molecular flexibility index (Phi) is 4.77. The third-order valence-corrected chi connectivity index (χ3v) is 4.03. The summed E-state index contributed by atoms with van der Waals surface area (Å²) < 4.78 is 0. The normalized spacial score (nSPS) is 17.4. The summed E-state index contributed by atoms with van der Waals surface area (Å²) in [6, 6.07) is 6.10. The number of anilines is 1. The molecule has 2 rings (SSSR count). The molecule has 1 heterocycles. The van der Waals surface area contributed by atoms with Crippen molar-refractivity contribution >= 4 is 28.9 Å². The van der Waals surface area contributed by atoms with Gasteiger partial charge in [-0.3, -0.25) is 4.90 Å². The molecule has 1 saturated heterocycles. The number of benzene rings is 1. The second kappa shape index (κ2) is 6.33. The van der Waals surface area contributed by atoms with E-state index in [-0.39, 0.29) is 0 Å². The summed E-state index contributed by atoms with van der Waals surface area (Å²) >= 11 is 12.2. The molecule has 0 amide bonds. The Morgan fingerprint density at radius 2 is 2.06 bits per heavy atom. The van der Waals surface area contributed by atoms with E-state index in [4.69, 9.17) is 29.6 Å². The molecule has 0 aliphatic carbocycles. The summed E-state index contributed by atoms with van der Waals surface area (Å²) in [4.78, 5) is 2.29. The SMILES string of the molecule is C#CCN1CCC(Nc2cccc(Cl)c2Cl)CC1. The molecule has 0 radical (unpaired) electrons. The number of halogens is 2. The average molecular weight is 283 g/mol. The van der Waals surface area contributed by atoms with E-state index in [2.05, 4.69) is 16.1 Å². The summed E-state index contributed by atoms with van der Waals surface area (Å²) in [6.07, 6.45) is 7.46. The smallest absolute Gasteiger partial charge is 0.0823 e. The van der Waals surface area contributed by atoms with Crippen LogP contribution in [0.3, 0.4) is 0 Å². The molecule has 0 unspecified atom stereocenters. The zero-order valence-corrected chi connectivity index (χ0v) is 11.6. The Morgan fingerprint density at radius 1 is 1.33 bits per heavy atom. The lowest BCUT2D eigenvalue weighted by Crippen LogP contribution is -2.39. The second-order valence-electron chi connectivity index (χ2n) is 4.50. The van der Waals surface area contributed by atoms with Gasteiger partial charge in [0.2, 0.25) is 0 Å². The Morgan fingerprint density at radius 3 is 2.72 bits per heavy atom. The third kappa shape index (κ3) is 3.32. The van der Waals surface area contributed by atoms with Crippen LogP contribution in [0.15, 0.2) is 18.2 Å². The van der Waals surface area contributed by atoms with Crippen LogP contribution in [0.1, 0.15) is 12.8 Å². The van der Waals surface area contributed by atoms with Crippen molar-refractivity contribution in [3.8, 4) is 12.3 Å². The molecular formula is C14H16Cl2N2. The zero-order valence-electron chi connectivity index (χ0n) is 10.1. The van der Waals surface area contributed by atoms with Gasteiger partial charge in [0.25, 0.3) is 0 Å². The van der Waals surface area contributed by atoms with Crippen LogP contribution < -0.4 is 5.32 Å². The first-order valence-corrected chi connectivity index (χ1v) is 6.82. The number of nitrogens with zero attached hydrogens (tertiary/aromatic N) is 1. The molecule has 18 heavy (non-hydrogen) atoms. The molecule has 2 nitrogen and oxygen atoms in total. The predicted octanol–water partition coefficient (Wildman–Crippen LogP) is 3.50. The molecule has 0 aromatic heterocycles. The van der Waals surface area contributed by atoms with Crippen LogP contribution in [0.5, 0.6) is 0 Å². The summed E-state index contributed by atoms with van der Waals surface area (Å²) in [5.74, 6) is 2.69. The van der Waals surface area contributed by atoms with Gasteiger partial charge in [-0.2, -0.15) is 0 Å². The molecule has 1 aromatic carbocycles. The fourth-order valence-corrected chi connectivity index (χ4v) is 2.55. The van der Waals surface area contributed by atoms with Gasteiger partial charge in [0.1, 0.15) is 0 Å². The standard InChI is InChI=1S/C14H16Cl2N2/c1-2-8-18-9-6-11(7-10-18)17-13-5-3-4-12(15)14(13)16/h1,3-5,11,17H,6-10H2. The Labute approximate surface area is 118 Å². The maximum atomic E-state index is 6.16. The predicted molar refractivity (Wildman–Crippen MR) is 78.4 cm³/mol. The van der Waals surface area contributed by atoms with E-state index in [1.54, 1.807) is 6.07 Å². The lowest BCUT2D eigenvalue weighted by molar-refractivity contribution is 0.243. The highest BCUT2D eigenvalue weighted by atomic mass is 35.5. The molecule has 4 heteroatoms. The van der Waals surface area contributed by atoms with E-state index in [1.807, 2.05) is 12.1 Å². The quantitative estimate of drug-likeness (QED) is 0.854. The number of likely N-dealkylation sites (tertiary alicyclic amines) is 1. The molecule has 1 aromatic rings. The molecule has 0 saturated carbocycles. The van der Waals surface area contributed by atoms with Gasteiger partial charge in [-0.05, 0) is 25.0 Å². The van der Waals surface area contributed by atoms with Crippen molar-refractivity contribution in [3.63, 3.8) is 0 Å². The van der Waals surface area contributed by atoms with E-state index in [0.29, 0.717) is 16.1 Å². The molecule has 1 fully saturated rings. The van der Waals surface area contributed by atoms with Crippen molar-refractivity contribution in [3.05, 3.63) is 28.2 Å². The fourth-order valence-electron chi connectivity index (χ4n) is 2.20. The van der Waals surface area contributed by atoms with Crippen molar-refractivity contribution in [2.75, 3.05) is 25.0 Å². The molecule has 96 valence electrons. The maximum absolute atomic E-state index is 6.16. The zero-order chi connectivity index (χ0) is 13.0. The minimum atomic E-state index is 0.440. The lowest BCUT2D eigenvalue weighted by atomic mass is 10.0. The van der Waals surface area contributed by atoms with Crippen LogP contribution in [0.25, 0.3) is 0 Å². The van der Waals surface area contributed by atoms with E-state index >= 15 is 0 Å². The number of rotatable bonds is 3. The van der Waals surface area contributed by atoms with Gasteiger partial charge in [-0.25, -0.2) is 0 Å².